The van der Waals surface area contributed by atoms with Crippen LogP contribution in [0.3, 0.4) is 0 Å². The minimum Gasteiger partial charge on any atom is -0.507 e. The van der Waals surface area contributed by atoms with E-state index in [2.05, 4.69) is 77.6 Å². The van der Waals surface area contributed by atoms with Crippen molar-refractivity contribution in [2.45, 2.75) is 175 Å². The first-order valence-corrected chi connectivity index (χ1v) is 19.1. The summed E-state index contributed by atoms with van der Waals surface area (Å²) in [5.74, 6) is 1.98. The molecule has 0 aromatic heterocycles. The van der Waals surface area contributed by atoms with Crippen molar-refractivity contribution < 1.29 is 10.2 Å². The number of aromatic hydroxyl groups is 2. The van der Waals surface area contributed by atoms with Gasteiger partial charge < -0.3 is 10.2 Å². The number of aryl methyl sites for hydroxylation is 4. The Kier molecular flexibility index (Phi) is 19.2. The SMILES string of the molecule is CCCCCCCCCCCCCCCCCCSC(C)CC(c1cc(C)cc(CC)c1O)c1cc(C)cc(CC)c1O. The van der Waals surface area contributed by atoms with Crippen molar-refractivity contribution in [2.24, 2.45) is 0 Å². The van der Waals surface area contributed by atoms with E-state index in [9.17, 15) is 10.2 Å². The molecule has 0 aliphatic carbocycles. The molecule has 2 aromatic rings. The summed E-state index contributed by atoms with van der Waals surface area (Å²) in [7, 11) is 0. The third-order valence-electron chi connectivity index (χ3n) is 9.21. The molecule has 1 atom stereocenters. The molecule has 3 heteroatoms. The first kappa shape index (κ1) is 37.6. The van der Waals surface area contributed by atoms with Crippen LogP contribution in [0.1, 0.15) is 176 Å². The summed E-state index contributed by atoms with van der Waals surface area (Å²) in [6, 6.07) is 8.47. The molecule has 244 valence electrons. The predicted octanol–water partition coefficient (Wildman–Crippen LogP) is 12.7. The van der Waals surface area contributed by atoms with Crippen molar-refractivity contribution >= 4 is 11.8 Å². The molecule has 2 aromatic carbocycles. The van der Waals surface area contributed by atoms with Gasteiger partial charge in [-0.1, -0.05) is 159 Å². The molecule has 0 saturated carbocycles. The molecule has 2 rings (SSSR count). The Hall–Kier alpha value is -1.61. The first-order valence-electron chi connectivity index (χ1n) is 18.1. The lowest BCUT2D eigenvalue weighted by molar-refractivity contribution is 0.444. The highest BCUT2D eigenvalue weighted by atomic mass is 32.2. The molecule has 1 unspecified atom stereocenters. The average Bonchev–Trinajstić information content (AvgIpc) is 2.99. The molecule has 2 N–H and O–H groups in total. The number of benzene rings is 2. The topological polar surface area (TPSA) is 40.5 Å². The monoisotopic (exact) mass is 610 g/mol. The molecule has 0 saturated heterocycles. The van der Waals surface area contributed by atoms with Gasteiger partial charge in [-0.2, -0.15) is 11.8 Å². The molecule has 0 aliphatic rings. The highest BCUT2D eigenvalue weighted by Gasteiger charge is 2.26. The highest BCUT2D eigenvalue weighted by molar-refractivity contribution is 7.99. The maximum absolute atomic E-state index is 11.3. The van der Waals surface area contributed by atoms with Crippen molar-refractivity contribution in [3.8, 4) is 11.5 Å². The Labute approximate surface area is 270 Å². The maximum atomic E-state index is 11.3. The molecule has 43 heavy (non-hydrogen) atoms. The third kappa shape index (κ3) is 13.9. The summed E-state index contributed by atoms with van der Waals surface area (Å²) in [5, 5.41) is 23.0. The van der Waals surface area contributed by atoms with Gasteiger partial charge in [-0.3, -0.25) is 0 Å². The van der Waals surface area contributed by atoms with Gasteiger partial charge in [0.2, 0.25) is 0 Å². The van der Waals surface area contributed by atoms with Gasteiger partial charge in [0.05, 0.1) is 0 Å². The summed E-state index contributed by atoms with van der Waals surface area (Å²) < 4.78 is 0. The van der Waals surface area contributed by atoms with E-state index in [1.165, 1.54) is 120 Å². The minimum atomic E-state index is -0.0244. The molecule has 0 bridgehead atoms. The Morgan fingerprint density at radius 2 is 0.930 bits per heavy atom. The second-order valence-electron chi connectivity index (χ2n) is 13.2. The van der Waals surface area contributed by atoms with Crippen LogP contribution in [-0.4, -0.2) is 21.2 Å². The van der Waals surface area contributed by atoms with Crippen molar-refractivity contribution in [3.63, 3.8) is 0 Å². The van der Waals surface area contributed by atoms with Crippen molar-refractivity contribution in [2.75, 3.05) is 5.75 Å². The molecular formula is C40H66O2S. The van der Waals surface area contributed by atoms with Gasteiger partial charge in [0.1, 0.15) is 11.5 Å². The second kappa shape index (κ2) is 22.0. The van der Waals surface area contributed by atoms with Crippen LogP contribution in [0.25, 0.3) is 0 Å². The first-order chi connectivity index (χ1) is 20.8. The van der Waals surface area contributed by atoms with Crippen molar-refractivity contribution in [3.05, 3.63) is 57.6 Å². The van der Waals surface area contributed by atoms with E-state index in [1.807, 2.05) is 0 Å². The zero-order chi connectivity index (χ0) is 31.5. The van der Waals surface area contributed by atoms with Crippen LogP contribution in [0, 0.1) is 13.8 Å². The molecule has 0 radical (unpaired) electrons. The van der Waals surface area contributed by atoms with Gasteiger partial charge in [0.15, 0.2) is 0 Å². The van der Waals surface area contributed by atoms with Crippen LogP contribution in [0.5, 0.6) is 11.5 Å². The molecule has 0 fully saturated rings. The molecule has 0 heterocycles. The fourth-order valence-corrected chi connectivity index (χ4v) is 7.70. The van der Waals surface area contributed by atoms with Crippen LogP contribution in [0.2, 0.25) is 0 Å². The Morgan fingerprint density at radius 1 is 0.558 bits per heavy atom. The second-order valence-corrected chi connectivity index (χ2v) is 14.8. The lowest BCUT2D eigenvalue weighted by atomic mass is 9.82. The van der Waals surface area contributed by atoms with Crippen LogP contribution in [0.4, 0.5) is 0 Å². The van der Waals surface area contributed by atoms with Gasteiger partial charge in [-0.05, 0) is 56.4 Å². The third-order valence-corrected chi connectivity index (χ3v) is 10.5. The fourth-order valence-electron chi connectivity index (χ4n) is 6.59. The fraction of sp³-hybridized carbons (Fsp3) is 0.700. The van der Waals surface area contributed by atoms with E-state index in [0.717, 1.165) is 41.5 Å². The molecular weight excluding hydrogens is 545 g/mol. The smallest absolute Gasteiger partial charge is 0.122 e. The van der Waals surface area contributed by atoms with E-state index in [4.69, 9.17) is 0 Å². The summed E-state index contributed by atoms with van der Waals surface area (Å²) >= 11 is 2.06. The molecule has 0 amide bonds. The van der Waals surface area contributed by atoms with Crippen molar-refractivity contribution in [1.82, 2.24) is 0 Å². The molecule has 0 aliphatic heterocycles. The number of hydrogen-bond donors (Lipinski definition) is 2. The predicted molar refractivity (Wildman–Crippen MR) is 192 cm³/mol. The van der Waals surface area contributed by atoms with Gasteiger partial charge in [0.25, 0.3) is 0 Å². The summed E-state index contributed by atoms with van der Waals surface area (Å²) in [4.78, 5) is 0. The van der Waals surface area contributed by atoms with Crippen LogP contribution in [0.15, 0.2) is 24.3 Å². The molecule has 0 spiro atoms. The van der Waals surface area contributed by atoms with E-state index < -0.39 is 0 Å². The highest BCUT2D eigenvalue weighted by Crippen LogP contribution is 2.43. The van der Waals surface area contributed by atoms with Gasteiger partial charge >= 0.3 is 0 Å². The van der Waals surface area contributed by atoms with E-state index >= 15 is 0 Å². The number of phenolic OH excluding ortho intramolecular Hbond substituents is 2. The normalized spacial score (nSPS) is 12.3. The summed E-state index contributed by atoms with van der Waals surface area (Å²) in [5.41, 5.74) is 6.27. The number of phenols is 2. The lowest BCUT2D eigenvalue weighted by Gasteiger charge is -2.26. The average molecular weight is 611 g/mol. The van der Waals surface area contributed by atoms with Gasteiger partial charge in [0, 0.05) is 22.3 Å². The molecule has 2 nitrogen and oxygen atoms in total. The Bertz CT molecular complexity index is 970. The van der Waals surface area contributed by atoms with E-state index in [1.54, 1.807) is 0 Å². The number of rotatable bonds is 24. The number of thioether (sulfide) groups is 1. The lowest BCUT2D eigenvalue weighted by Crippen LogP contribution is -2.11. The van der Waals surface area contributed by atoms with Gasteiger partial charge in [-0.15, -0.1) is 0 Å². The Morgan fingerprint density at radius 3 is 1.30 bits per heavy atom. The van der Waals surface area contributed by atoms with Crippen LogP contribution in [-0.2, 0) is 12.8 Å². The summed E-state index contributed by atoms with van der Waals surface area (Å²) in [6.45, 7) is 13.0. The minimum absolute atomic E-state index is 0.0244. The van der Waals surface area contributed by atoms with Gasteiger partial charge in [-0.25, -0.2) is 0 Å². The standard InChI is InChI=1S/C40H66O2S/c1-7-10-11-12-13-14-15-16-17-18-19-20-21-22-23-24-25-43-33(6)30-36(37-28-31(4)26-34(8-2)39(37)41)38-29-32(5)27-35(9-3)40(38)42/h26-29,33,36,41-42H,7-25,30H2,1-6H3. The largest absolute Gasteiger partial charge is 0.507 e. The summed E-state index contributed by atoms with van der Waals surface area (Å²) in [6.07, 6.45) is 25.0. The van der Waals surface area contributed by atoms with Crippen molar-refractivity contribution in [1.29, 1.82) is 0 Å². The zero-order valence-corrected chi connectivity index (χ0v) is 29.7. The maximum Gasteiger partial charge on any atom is 0.122 e. The number of unbranched alkanes of at least 4 members (excludes halogenated alkanes) is 15. The van der Waals surface area contributed by atoms with Crippen LogP contribution >= 0.6 is 11.8 Å². The van der Waals surface area contributed by atoms with E-state index in [0.29, 0.717) is 16.7 Å². The van der Waals surface area contributed by atoms with E-state index in [-0.39, 0.29) is 5.92 Å². The number of hydrogen-bond acceptors (Lipinski definition) is 3. The van der Waals surface area contributed by atoms with Crippen LogP contribution < -0.4 is 0 Å². The quantitative estimate of drug-likeness (QED) is 0.116. The Balaban J connectivity index is 1.76. The zero-order valence-electron chi connectivity index (χ0n) is 28.9.